The first-order valence-corrected chi connectivity index (χ1v) is 10.5. The number of hydrogen-bond donors (Lipinski definition) is 0. The Morgan fingerprint density at radius 2 is 1.10 bits per heavy atom. The second kappa shape index (κ2) is 9.83. The summed E-state index contributed by atoms with van der Waals surface area (Å²) in [5.74, 6) is -0.473. The molecule has 0 unspecified atom stereocenters. The van der Waals surface area contributed by atoms with Gasteiger partial charge in [-0.25, -0.2) is 0 Å². The van der Waals surface area contributed by atoms with E-state index in [1.807, 2.05) is 0 Å². The summed E-state index contributed by atoms with van der Waals surface area (Å²) in [5.41, 5.74) is 0. The van der Waals surface area contributed by atoms with Crippen molar-refractivity contribution in [1.82, 2.24) is 0 Å². The zero-order valence-corrected chi connectivity index (χ0v) is 18.4. The summed E-state index contributed by atoms with van der Waals surface area (Å²) < 4.78 is 10.5. The summed E-state index contributed by atoms with van der Waals surface area (Å²) in [7, 11) is 0. The lowest BCUT2D eigenvalue weighted by Gasteiger charge is -2.06. The minimum absolute atomic E-state index is 0.0433. The van der Waals surface area contributed by atoms with Gasteiger partial charge in [0.05, 0.1) is 22.9 Å². The van der Waals surface area contributed by atoms with Gasteiger partial charge in [-0.2, -0.15) is 0 Å². The third kappa shape index (κ3) is 6.36. The highest BCUT2D eigenvalue weighted by Crippen LogP contribution is 2.29. The Morgan fingerprint density at radius 1 is 0.690 bits per heavy atom. The van der Waals surface area contributed by atoms with E-state index in [4.69, 9.17) is 55.9 Å². The SMILES string of the molecule is O=C(Cc1ccc(CC(=O)Oc2ccc(Cl)cc2Cl)s1)Oc1ccc(Cl)cc1Cl. The molecule has 0 saturated carbocycles. The van der Waals surface area contributed by atoms with E-state index in [1.54, 1.807) is 24.3 Å². The molecule has 150 valence electrons. The lowest BCUT2D eigenvalue weighted by molar-refractivity contribution is -0.134. The molecule has 9 heteroatoms. The molecule has 4 nitrogen and oxygen atoms in total. The normalized spacial score (nSPS) is 10.6. The highest BCUT2D eigenvalue weighted by molar-refractivity contribution is 7.12. The van der Waals surface area contributed by atoms with Crippen LogP contribution in [0.3, 0.4) is 0 Å². The first kappa shape index (κ1) is 21.9. The maximum atomic E-state index is 12.1. The third-order valence-corrected chi connectivity index (χ3v) is 5.74. The number of carbonyl (C=O) groups excluding carboxylic acids is 2. The largest absolute Gasteiger partial charge is 0.425 e. The second-order valence-electron chi connectivity index (χ2n) is 5.82. The number of thiophene rings is 1. The molecule has 1 aromatic heterocycles. The van der Waals surface area contributed by atoms with Crippen LogP contribution in [0.25, 0.3) is 0 Å². The number of esters is 2. The van der Waals surface area contributed by atoms with E-state index in [2.05, 4.69) is 0 Å². The third-order valence-electron chi connectivity index (χ3n) is 3.59. The van der Waals surface area contributed by atoms with Gasteiger partial charge in [-0.05, 0) is 48.5 Å². The van der Waals surface area contributed by atoms with Gasteiger partial charge in [0.1, 0.15) is 11.5 Å². The molecule has 0 aliphatic carbocycles. The quantitative estimate of drug-likeness (QED) is 0.287. The van der Waals surface area contributed by atoms with Gasteiger partial charge in [0, 0.05) is 19.8 Å². The Bertz CT molecular complexity index is 982. The maximum Gasteiger partial charge on any atom is 0.316 e. The van der Waals surface area contributed by atoms with Gasteiger partial charge in [0.2, 0.25) is 0 Å². The molecule has 0 aliphatic rings. The average molecular weight is 490 g/mol. The van der Waals surface area contributed by atoms with Crippen LogP contribution in [0.2, 0.25) is 20.1 Å². The van der Waals surface area contributed by atoms with Gasteiger partial charge in [0.15, 0.2) is 0 Å². The molecular formula is C20H12Cl4O4S. The van der Waals surface area contributed by atoms with Gasteiger partial charge in [-0.1, -0.05) is 46.4 Å². The van der Waals surface area contributed by atoms with Crippen molar-refractivity contribution in [1.29, 1.82) is 0 Å². The van der Waals surface area contributed by atoms with Crippen molar-refractivity contribution in [3.05, 3.63) is 78.4 Å². The molecule has 0 fully saturated rings. The summed E-state index contributed by atoms with van der Waals surface area (Å²) in [4.78, 5) is 25.8. The van der Waals surface area contributed by atoms with E-state index >= 15 is 0 Å². The molecule has 0 radical (unpaired) electrons. The summed E-state index contributed by atoms with van der Waals surface area (Å²) >= 11 is 24.9. The molecule has 0 aliphatic heterocycles. The molecule has 3 aromatic rings. The average Bonchev–Trinajstić information content (AvgIpc) is 3.06. The van der Waals surface area contributed by atoms with Crippen molar-refractivity contribution in [2.24, 2.45) is 0 Å². The van der Waals surface area contributed by atoms with Crippen LogP contribution in [0.4, 0.5) is 0 Å². The predicted octanol–water partition coefficient (Wildman–Crippen LogP) is 6.66. The highest BCUT2D eigenvalue weighted by atomic mass is 35.5. The Hall–Kier alpha value is -1.76. The smallest absolute Gasteiger partial charge is 0.316 e. The number of ether oxygens (including phenoxy) is 2. The van der Waals surface area contributed by atoms with Crippen LogP contribution in [-0.4, -0.2) is 11.9 Å². The van der Waals surface area contributed by atoms with Crippen molar-refractivity contribution in [3.8, 4) is 11.5 Å². The topological polar surface area (TPSA) is 52.6 Å². The minimum atomic E-state index is -0.474. The van der Waals surface area contributed by atoms with Gasteiger partial charge >= 0.3 is 11.9 Å². The standard InChI is InChI=1S/C20H12Cl4O4S/c21-11-1-5-17(15(23)7-11)27-19(25)9-13-3-4-14(29-13)10-20(26)28-18-6-2-12(22)8-16(18)24/h1-8H,9-10H2. The van der Waals surface area contributed by atoms with Crippen LogP contribution < -0.4 is 9.47 Å². The van der Waals surface area contributed by atoms with Crippen LogP contribution >= 0.6 is 57.7 Å². The van der Waals surface area contributed by atoms with Crippen molar-refractivity contribution >= 4 is 69.7 Å². The summed E-state index contributed by atoms with van der Waals surface area (Å²) in [5, 5.41) is 1.40. The fraction of sp³-hybridized carbons (Fsp3) is 0.100. The molecule has 0 atom stereocenters. The van der Waals surface area contributed by atoms with Crippen molar-refractivity contribution in [2.75, 3.05) is 0 Å². The fourth-order valence-electron chi connectivity index (χ4n) is 2.33. The molecule has 0 amide bonds. The second-order valence-corrected chi connectivity index (χ2v) is 8.76. The van der Waals surface area contributed by atoms with E-state index in [0.29, 0.717) is 10.0 Å². The maximum absolute atomic E-state index is 12.1. The zero-order chi connectivity index (χ0) is 21.0. The van der Waals surface area contributed by atoms with Crippen LogP contribution in [0.5, 0.6) is 11.5 Å². The summed E-state index contributed by atoms with van der Waals surface area (Å²) in [6.07, 6.45) is 0.0867. The van der Waals surface area contributed by atoms with E-state index < -0.39 is 11.9 Å². The van der Waals surface area contributed by atoms with Crippen LogP contribution in [0, 0.1) is 0 Å². The molecule has 0 bridgehead atoms. The monoisotopic (exact) mass is 488 g/mol. The van der Waals surface area contributed by atoms with Crippen LogP contribution in [-0.2, 0) is 22.4 Å². The van der Waals surface area contributed by atoms with E-state index in [1.165, 1.54) is 35.6 Å². The number of carbonyl (C=O) groups is 2. The van der Waals surface area contributed by atoms with Gasteiger partial charge < -0.3 is 9.47 Å². The lowest BCUT2D eigenvalue weighted by Crippen LogP contribution is -2.11. The molecule has 0 spiro atoms. The van der Waals surface area contributed by atoms with Gasteiger partial charge in [0.25, 0.3) is 0 Å². The molecule has 3 rings (SSSR count). The Morgan fingerprint density at radius 3 is 1.48 bits per heavy atom. The van der Waals surface area contributed by atoms with Crippen LogP contribution in [0.1, 0.15) is 9.75 Å². The number of rotatable bonds is 6. The van der Waals surface area contributed by atoms with E-state index in [0.717, 1.165) is 9.75 Å². The molecule has 29 heavy (non-hydrogen) atoms. The molecule has 1 heterocycles. The predicted molar refractivity (Wildman–Crippen MR) is 116 cm³/mol. The Labute approximate surface area is 190 Å². The highest BCUT2D eigenvalue weighted by Gasteiger charge is 2.14. The lowest BCUT2D eigenvalue weighted by atomic mass is 10.3. The first-order chi connectivity index (χ1) is 13.8. The number of benzene rings is 2. The van der Waals surface area contributed by atoms with Crippen molar-refractivity contribution in [2.45, 2.75) is 12.8 Å². The number of halogens is 4. The number of hydrogen-bond acceptors (Lipinski definition) is 5. The summed E-state index contributed by atoms with van der Waals surface area (Å²) in [6, 6.07) is 12.7. The first-order valence-electron chi connectivity index (χ1n) is 8.19. The molecule has 2 aromatic carbocycles. The van der Waals surface area contributed by atoms with E-state index in [-0.39, 0.29) is 34.4 Å². The van der Waals surface area contributed by atoms with Crippen molar-refractivity contribution < 1.29 is 19.1 Å². The van der Waals surface area contributed by atoms with Crippen molar-refractivity contribution in [3.63, 3.8) is 0 Å². The minimum Gasteiger partial charge on any atom is -0.425 e. The fourth-order valence-corrected chi connectivity index (χ4v) is 4.21. The molecule has 0 saturated heterocycles. The van der Waals surface area contributed by atoms with Gasteiger partial charge in [-0.15, -0.1) is 11.3 Å². The Kier molecular flexibility index (Phi) is 7.44. The van der Waals surface area contributed by atoms with Gasteiger partial charge in [-0.3, -0.25) is 9.59 Å². The Balaban J connectivity index is 1.56. The molecular weight excluding hydrogens is 478 g/mol. The van der Waals surface area contributed by atoms with Crippen LogP contribution in [0.15, 0.2) is 48.5 Å². The van der Waals surface area contributed by atoms with E-state index in [9.17, 15) is 9.59 Å². The zero-order valence-electron chi connectivity index (χ0n) is 14.6. The molecule has 0 N–H and O–H groups in total. The summed E-state index contributed by atoms with van der Waals surface area (Å²) in [6.45, 7) is 0.